The lowest BCUT2D eigenvalue weighted by atomic mass is 9.96. The molecule has 0 saturated carbocycles. The zero-order valence-corrected chi connectivity index (χ0v) is 67.8. The van der Waals surface area contributed by atoms with E-state index in [9.17, 15) is 8.78 Å². The monoisotopic (exact) mass is 1520 g/mol. The zero-order valence-electron chi connectivity index (χ0n) is 64.1. The minimum absolute atomic E-state index is 0.287. The Bertz CT molecular complexity index is 5410. The van der Waals surface area contributed by atoms with Gasteiger partial charge >= 0.3 is 0 Å². The number of allylic oxidation sites excluding steroid dienone is 3. The molecule has 4 unspecified atom stereocenters. The first-order valence-corrected chi connectivity index (χ1v) is 39.1. The van der Waals surface area contributed by atoms with Crippen LogP contribution in [0.15, 0.2) is 152 Å². The van der Waals surface area contributed by atoms with Crippen LogP contribution in [0.1, 0.15) is 169 Å². The van der Waals surface area contributed by atoms with Crippen molar-refractivity contribution >= 4 is 137 Å². The Morgan fingerprint density at radius 3 is 1.30 bits per heavy atom. The Hall–Kier alpha value is -8.15. The van der Waals surface area contributed by atoms with Crippen molar-refractivity contribution in [1.29, 1.82) is 0 Å². The average Bonchev–Trinajstić information content (AvgIpc) is 1.59. The minimum Gasteiger partial charge on any atom is -0.318 e. The predicted octanol–water partition coefficient (Wildman–Crippen LogP) is 24.8. The van der Waals surface area contributed by atoms with Gasteiger partial charge in [0, 0.05) is 128 Å². The highest BCUT2D eigenvalue weighted by atomic mass is 35.5. The van der Waals surface area contributed by atoms with E-state index in [0.717, 1.165) is 102 Å². The van der Waals surface area contributed by atoms with Crippen LogP contribution in [0.3, 0.4) is 0 Å². The highest BCUT2D eigenvalue weighted by Crippen LogP contribution is 2.44. The highest BCUT2D eigenvalue weighted by Gasteiger charge is 2.33. The van der Waals surface area contributed by atoms with Gasteiger partial charge in [-0.3, -0.25) is 24.2 Å². The average molecular weight is 1530 g/mol. The molecule has 4 aromatic heterocycles. The molecule has 0 aliphatic carbocycles. The third kappa shape index (κ3) is 15.6. The SMILES string of the molecule is C/C(=C/n1c2c(c3cc(C)ccc31)CCN(C)C2C)c1ccc(F)c(F)c1.C/C(=C\n1c2c(c3cc(C)ccc31)CCN(C)C2C)c1ccc(Cl)c(Cl)c1.CCC1c2c(c3cc(C)ccc3n2/C=C(\C)c2ccc(Cl)cc2Cl)CCN1C.Cc1ccc2c(c1)c1c(n2C#Cc2ccc(Cl)cc2)C(C)N(C)CC1. The van der Waals surface area contributed by atoms with Crippen molar-refractivity contribution in [3.63, 3.8) is 0 Å². The molecular formula is C92H95Cl5F2N8. The number of halogens is 7. The van der Waals surface area contributed by atoms with E-state index in [0.29, 0.717) is 43.8 Å². The van der Waals surface area contributed by atoms with E-state index in [1.165, 1.54) is 118 Å². The van der Waals surface area contributed by atoms with Gasteiger partial charge in [-0.25, -0.2) is 8.78 Å². The van der Waals surface area contributed by atoms with Crippen LogP contribution in [0, 0.1) is 51.3 Å². The molecule has 0 spiro atoms. The highest BCUT2D eigenvalue weighted by molar-refractivity contribution is 6.42. The molecule has 0 bridgehead atoms. The number of benzene rings is 8. The fourth-order valence-electron chi connectivity index (χ4n) is 16.3. The fraction of sp³-hybridized carbons (Fsp3) is 0.304. The lowest BCUT2D eigenvalue weighted by Crippen LogP contribution is -2.32. The van der Waals surface area contributed by atoms with Crippen LogP contribution in [0.2, 0.25) is 25.1 Å². The molecule has 8 heterocycles. The van der Waals surface area contributed by atoms with Crippen molar-refractivity contribution in [2.45, 2.75) is 132 Å². The summed E-state index contributed by atoms with van der Waals surface area (Å²) in [5.74, 6) is 1.67. The van der Waals surface area contributed by atoms with Gasteiger partial charge in [-0.2, -0.15) is 0 Å². The minimum atomic E-state index is -0.818. The molecule has 0 amide bonds. The molecule has 0 radical (unpaired) electrons. The zero-order chi connectivity index (χ0) is 76.1. The van der Waals surface area contributed by atoms with Gasteiger partial charge in [0.15, 0.2) is 11.6 Å². The number of rotatable bonds is 7. The van der Waals surface area contributed by atoms with Gasteiger partial charge in [0.25, 0.3) is 0 Å². The van der Waals surface area contributed by atoms with Gasteiger partial charge < -0.3 is 13.7 Å². The number of aromatic nitrogens is 4. The standard InChI is InChI=1S/C24H26Cl2N2.C23H24Cl2N2.C23H24F2N2.C22H21ClN2/c1-5-22-24-19(10-11-27(22)4)20-12-15(2)6-9-23(20)28(24)14-16(3)18-8-7-17(25)13-21(18)26;2*1-14-5-8-22-19(11-14)18-9-10-26(4)16(3)23(18)27(22)13-15(2)17-6-7-20(24)21(25)12-17;1-15-4-9-21-20(14-15)19-11-12-24(3)16(2)22(19)25(21)13-10-17-5-7-18(23)8-6-17/h6-9,12-14,22H,5,10-11H2,1-4H3;2*5-8,11-13,16H,9-10H2,1-4H3;4-9,14,16H,11-12H2,1-3H3/b16-14+;15-13+;15-13-;. The maximum absolute atomic E-state index is 13.7. The van der Waals surface area contributed by atoms with Crippen molar-refractivity contribution in [2.75, 3.05) is 54.4 Å². The van der Waals surface area contributed by atoms with Crippen LogP contribution in [0.25, 0.3) is 78.9 Å². The van der Waals surface area contributed by atoms with Crippen LogP contribution < -0.4 is 0 Å². The molecule has 12 aromatic rings. The molecule has 8 aromatic carbocycles. The summed E-state index contributed by atoms with van der Waals surface area (Å²) in [6, 6.07) is 54.9. The van der Waals surface area contributed by atoms with E-state index in [-0.39, 0.29) is 6.04 Å². The largest absolute Gasteiger partial charge is 0.318 e. The maximum atomic E-state index is 13.7. The first kappa shape index (κ1) is 77.0. The molecule has 107 heavy (non-hydrogen) atoms. The Balaban J connectivity index is 0.000000126. The molecule has 0 N–H and O–H groups in total. The summed E-state index contributed by atoms with van der Waals surface area (Å²) in [6.45, 7) is 28.2. The summed E-state index contributed by atoms with van der Waals surface area (Å²) < 4.78 is 36.2. The van der Waals surface area contributed by atoms with Gasteiger partial charge in [-0.05, 0) is 300 Å². The second kappa shape index (κ2) is 32.2. The van der Waals surface area contributed by atoms with Crippen LogP contribution >= 0.6 is 58.0 Å². The normalized spacial score (nSPS) is 17.9. The Labute approximate surface area is 655 Å². The van der Waals surface area contributed by atoms with Crippen molar-refractivity contribution in [1.82, 2.24) is 37.9 Å². The van der Waals surface area contributed by atoms with Crippen LogP contribution in [-0.2, 0) is 25.7 Å². The van der Waals surface area contributed by atoms with E-state index >= 15 is 0 Å². The maximum Gasteiger partial charge on any atom is 0.159 e. The lowest BCUT2D eigenvalue weighted by molar-refractivity contribution is 0.220. The van der Waals surface area contributed by atoms with Crippen molar-refractivity contribution in [3.8, 4) is 12.0 Å². The van der Waals surface area contributed by atoms with Crippen LogP contribution in [-0.4, -0.2) is 92.2 Å². The van der Waals surface area contributed by atoms with Gasteiger partial charge in [-0.1, -0.05) is 130 Å². The van der Waals surface area contributed by atoms with Crippen molar-refractivity contribution < 1.29 is 8.78 Å². The second-order valence-electron chi connectivity index (χ2n) is 29.9. The summed E-state index contributed by atoms with van der Waals surface area (Å²) in [5.41, 5.74) is 28.3. The number of fused-ring (bicyclic) bond motifs is 12. The molecule has 4 aliphatic heterocycles. The molecule has 4 atom stereocenters. The summed E-state index contributed by atoms with van der Waals surface area (Å²) in [5, 5.41) is 8.66. The summed E-state index contributed by atoms with van der Waals surface area (Å²) in [4.78, 5) is 9.65. The Morgan fingerprint density at radius 1 is 0.411 bits per heavy atom. The molecule has 0 fully saturated rings. The van der Waals surface area contributed by atoms with E-state index in [1.807, 2.05) is 67.6 Å². The van der Waals surface area contributed by atoms with Crippen molar-refractivity contribution in [2.24, 2.45) is 0 Å². The van der Waals surface area contributed by atoms with Gasteiger partial charge in [0.05, 0.1) is 43.8 Å². The number of hydrogen-bond acceptors (Lipinski definition) is 4. The Morgan fingerprint density at radius 2 is 0.822 bits per heavy atom. The number of nitrogens with zero attached hydrogens (tertiary/aromatic N) is 8. The third-order valence-corrected chi connectivity index (χ3v) is 24.2. The summed E-state index contributed by atoms with van der Waals surface area (Å²) in [6.07, 6.45) is 11.9. The smallest absolute Gasteiger partial charge is 0.159 e. The van der Waals surface area contributed by atoms with Gasteiger partial charge in [0.1, 0.15) is 0 Å². The van der Waals surface area contributed by atoms with E-state index in [2.05, 4.69) is 239 Å². The number of likely N-dealkylation sites (N-methyl/N-ethyl adjacent to an activating group) is 4. The van der Waals surface area contributed by atoms with Gasteiger partial charge in [-0.15, -0.1) is 0 Å². The first-order valence-electron chi connectivity index (χ1n) is 37.2. The molecular weight excluding hydrogens is 1430 g/mol. The molecule has 552 valence electrons. The molecule has 8 nitrogen and oxygen atoms in total. The lowest BCUT2D eigenvalue weighted by Gasteiger charge is -2.33. The number of hydrogen-bond donors (Lipinski definition) is 0. The molecule has 4 aliphatic rings. The Kier molecular flexibility index (Phi) is 23.2. The fourth-order valence-corrected chi connectivity index (χ4v) is 17.3. The molecule has 0 saturated heterocycles. The van der Waals surface area contributed by atoms with Crippen molar-refractivity contribution in [3.05, 3.63) is 278 Å². The predicted molar refractivity (Wildman–Crippen MR) is 453 cm³/mol. The van der Waals surface area contributed by atoms with Crippen LogP contribution in [0.4, 0.5) is 8.78 Å². The summed E-state index contributed by atoms with van der Waals surface area (Å²) in [7, 11) is 8.77. The van der Waals surface area contributed by atoms with Gasteiger partial charge in [0.2, 0.25) is 0 Å². The molecule has 15 heteroatoms. The van der Waals surface area contributed by atoms with E-state index in [1.54, 1.807) is 6.07 Å². The molecule has 16 rings (SSSR count). The number of aryl methyl sites for hydroxylation is 4. The van der Waals surface area contributed by atoms with Crippen LogP contribution in [0.5, 0.6) is 0 Å². The first-order chi connectivity index (χ1) is 51.2. The summed E-state index contributed by atoms with van der Waals surface area (Å²) >= 11 is 30.9. The topological polar surface area (TPSA) is 32.7 Å². The third-order valence-electron chi connectivity index (χ3n) is 22.7. The quantitative estimate of drug-likeness (QED) is 0.149. The van der Waals surface area contributed by atoms with E-state index in [4.69, 9.17) is 58.0 Å². The van der Waals surface area contributed by atoms with E-state index < -0.39 is 11.6 Å². The second-order valence-corrected chi connectivity index (χ2v) is 32.0.